The van der Waals surface area contributed by atoms with Crippen LogP contribution in [0.4, 0.5) is 19.0 Å². The van der Waals surface area contributed by atoms with Crippen LogP contribution in [0.5, 0.6) is 0 Å². The number of alkyl halides is 3. The molecule has 0 saturated carbocycles. The van der Waals surface area contributed by atoms with E-state index in [4.69, 9.17) is 0 Å². The third-order valence-corrected chi connectivity index (χ3v) is 7.79. The van der Waals surface area contributed by atoms with Crippen molar-refractivity contribution in [2.45, 2.75) is 44.6 Å². The fourth-order valence-electron chi connectivity index (χ4n) is 4.85. The van der Waals surface area contributed by atoms with Gasteiger partial charge >= 0.3 is 6.18 Å². The monoisotopic (exact) mass is 588 g/mol. The van der Waals surface area contributed by atoms with Gasteiger partial charge in [-0.2, -0.15) is 18.4 Å². The second-order valence-electron chi connectivity index (χ2n) is 9.28. The number of thiophene rings is 1. The second-order valence-corrected chi connectivity index (χ2v) is 11.5. The largest absolute Gasteiger partial charge is 0.393 e. The number of nitrogens with one attached hydrogen (secondary N) is 1. The number of piperidine rings is 1. The maximum atomic E-state index is 12.8. The van der Waals surface area contributed by atoms with E-state index in [9.17, 15) is 18.4 Å². The molecule has 1 saturated heterocycles. The van der Waals surface area contributed by atoms with Crippen molar-refractivity contribution in [2.24, 2.45) is 0 Å². The number of allylic oxidation sites excluding steroid dienone is 1. The zero-order valence-electron chi connectivity index (χ0n) is 19.9. The maximum absolute atomic E-state index is 12.8. The van der Waals surface area contributed by atoms with Gasteiger partial charge in [0.15, 0.2) is 0 Å². The van der Waals surface area contributed by atoms with Gasteiger partial charge in [0.25, 0.3) is 0 Å². The summed E-state index contributed by atoms with van der Waals surface area (Å²) in [5.41, 5.74) is 2.80. The molecular weight excluding hydrogens is 565 g/mol. The van der Waals surface area contributed by atoms with E-state index >= 15 is 0 Å². The fourth-order valence-corrected chi connectivity index (χ4v) is 6.12. The summed E-state index contributed by atoms with van der Waals surface area (Å²) in [6.45, 7) is 7.03. The van der Waals surface area contributed by atoms with Crippen LogP contribution in [0.25, 0.3) is 21.1 Å². The molecule has 0 unspecified atom stereocenters. The zero-order chi connectivity index (χ0) is 26.2. The lowest BCUT2D eigenvalue weighted by molar-refractivity contribution is -0.126. The lowest BCUT2D eigenvalue weighted by Gasteiger charge is -2.32. The van der Waals surface area contributed by atoms with Gasteiger partial charge in [-0.25, -0.2) is 9.97 Å². The molecule has 11 heteroatoms. The highest BCUT2D eigenvalue weighted by Crippen LogP contribution is 2.33. The Balaban J connectivity index is 1.22. The molecule has 6 nitrogen and oxygen atoms in total. The van der Waals surface area contributed by atoms with Crippen molar-refractivity contribution < 1.29 is 13.2 Å². The summed E-state index contributed by atoms with van der Waals surface area (Å²) in [5, 5.41) is 14.6. The third-order valence-electron chi connectivity index (χ3n) is 6.50. The Morgan fingerprint density at radius 1 is 1.22 bits per heavy atom. The predicted octanol–water partition coefficient (Wildman–Crippen LogP) is 6.61. The molecule has 1 aliphatic heterocycles. The summed E-state index contributed by atoms with van der Waals surface area (Å²) in [4.78, 5) is 11.7. The molecule has 192 valence electrons. The summed E-state index contributed by atoms with van der Waals surface area (Å²) < 4.78 is 41.2. The SMILES string of the molecule is C=C(Br)Cn1c(C#N)cc2cc(CN3CCC(Nc4ncnc5sc(CC(F)(F)F)cc45)CC3)ccc21. The van der Waals surface area contributed by atoms with Crippen LogP contribution in [0.3, 0.4) is 0 Å². The van der Waals surface area contributed by atoms with E-state index in [1.54, 1.807) is 6.07 Å². The molecule has 0 amide bonds. The number of anilines is 1. The van der Waals surface area contributed by atoms with Gasteiger partial charge in [0.05, 0.1) is 18.4 Å². The first-order valence-corrected chi connectivity index (χ1v) is 13.4. The standard InChI is InChI=1S/C26H24BrF3N6S/c1-16(27)13-36-20(12-31)9-18-8-17(2-3-23(18)36)14-35-6-4-19(5-7-35)34-24-22-10-21(11-26(28,29)30)37-25(22)33-15-32-24/h2-3,8-10,15,19H,1,4-7,11,13-14H2,(H,32,33,34). The second kappa shape index (κ2) is 10.4. The molecule has 4 aromatic rings. The van der Waals surface area contributed by atoms with E-state index in [0.717, 1.165) is 59.2 Å². The van der Waals surface area contributed by atoms with Crippen LogP contribution in [0, 0.1) is 11.3 Å². The summed E-state index contributed by atoms with van der Waals surface area (Å²) in [7, 11) is 0. The van der Waals surface area contributed by atoms with Gasteiger partial charge in [-0.3, -0.25) is 4.90 Å². The van der Waals surface area contributed by atoms with E-state index in [0.29, 0.717) is 28.3 Å². The molecular formula is C26H24BrF3N6S. The minimum absolute atomic E-state index is 0.187. The summed E-state index contributed by atoms with van der Waals surface area (Å²) >= 11 is 4.45. The van der Waals surface area contributed by atoms with Crippen molar-refractivity contribution in [1.82, 2.24) is 19.4 Å². The topological polar surface area (TPSA) is 69.8 Å². The number of benzene rings is 1. The van der Waals surface area contributed by atoms with Crippen molar-refractivity contribution in [3.05, 3.63) is 63.9 Å². The Kier molecular flexibility index (Phi) is 7.25. The molecule has 37 heavy (non-hydrogen) atoms. The quantitative estimate of drug-likeness (QED) is 0.263. The van der Waals surface area contributed by atoms with Gasteiger partial charge in [0, 0.05) is 45.9 Å². The van der Waals surface area contributed by atoms with E-state index in [-0.39, 0.29) is 10.9 Å². The molecule has 4 heterocycles. The molecule has 1 N–H and O–H groups in total. The molecule has 0 bridgehead atoms. The number of aromatic nitrogens is 3. The molecule has 0 aliphatic carbocycles. The van der Waals surface area contributed by atoms with Crippen molar-refractivity contribution in [3.63, 3.8) is 0 Å². The number of halogens is 4. The lowest BCUT2D eigenvalue weighted by atomic mass is 10.0. The van der Waals surface area contributed by atoms with Gasteiger partial charge in [-0.15, -0.1) is 11.3 Å². The third kappa shape index (κ3) is 5.98. The highest BCUT2D eigenvalue weighted by molar-refractivity contribution is 9.11. The number of rotatable bonds is 7. The maximum Gasteiger partial charge on any atom is 0.393 e. The van der Waals surface area contributed by atoms with Gasteiger partial charge in [-0.05, 0) is 42.7 Å². The minimum atomic E-state index is -4.25. The Hall–Kier alpha value is -2.94. The first kappa shape index (κ1) is 25.7. The Bertz CT molecular complexity index is 1490. The van der Waals surface area contributed by atoms with Crippen LogP contribution in [0.2, 0.25) is 0 Å². The Labute approximate surface area is 224 Å². The minimum Gasteiger partial charge on any atom is -0.367 e. The summed E-state index contributed by atoms with van der Waals surface area (Å²) in [6, 6.07) is 12.2. The number of hydrogen-bond donors (Lipinski definition) is 1. The molecule has 1 fully saturated rings. The number of hydrogen-bond acceptors (Lipinski definition) is 6. The van der Waals surface area contributed by atoms with E-state index in [2.05, 4.69) is 67.0 Å². The molecule has 1 aliphatic rings. The average Bonchev–Trinajstić information content (AvgIpc) is 3.39. The fraction of sp³-hybridized carbons (Fsp3) is 0.346. The number of nitrogens with zero attached hydrogens (tertiary/aromatic N) is 5. The number of nitriles is 1. The van der Waals surface area contributed by atoms with Crippen LogP contribution in [0.1, 0.15) is 29.0 Å². The number of likely N-dealkylation sites (tertiary alicyclic amines) is 1. The normalized spacial score (nSPS) is 15.3. The smallest absolute Gasteiger partial charge is 0.367 e. The van der Waals surface area contributed by atoms with Crippen molar-refractivity contribution in [3.8, 4) is 6.07 Å². The van der Waals surface area contributed by atoms with E-state index in [1.807, 2.05) is 10.6 Å². The van der Waals surface area contributed by atoms with E-state index < -0.39 is 12.6 Å². The van der Waals surface area contributed by atoms with E-state index in [1.165, 1.54) is 11.9 Å². The first-order chi connectivity index (χ1) is 17.7. The average molecular weight is 589 g/mol. The highest BCUT2D eigenvalue weighted by atomic mass is 79.9. The number of fused-ring (bicyclic) bond motifs is 2. The van der Waals surface area contributed by atoms with Crippen molar-refractivity contribution >= 4 is 54.2 Å². The van der Waals surface area contributed by atoms with Crippen LogP contribution in [-0.4, -0.2) is 44.7 Å². The molecule has 0 atom stereocenters. The molecule has 1 aromatic carbocycles. The first-order valence-electron chi connectivity index (χ1n) is 11.8. The van der Waals surface area contributed by atoms with Gasteiger partial charge < -0.3 is 9.88 Å². The Morgan fingerprint density at radius 3 is 2.70 bits per heavy atom. The van der Waals surface area contributed by atoms with Gasteiger partial charge in [-0.1, -0.05) is 28.6 Å². The van der Waals surface area contributed by atoms with Gasteiger partial charge in [0.1, 0.15) is 28.7 Å². The van der Waals surface area contributed by atoms with Crippen LogP contribution in [0.15, 0.2) is 47.7 Å². The summed E-state index contributed by atoms with van der Waals surface area (Å²) in [5.74, 6) is 0.600. The molecule has 5 rings (SSSR count). The van der Waals surface area contributed by atoms with Crippen molar-refractivity contribution in [2.75, 3.05) is 18.4 Å². The molecule has 0 spiro atoms. The highest BCUT2D eigenvalue weighted by Gasteiger charge is 2.29. The van der Waals surface area contributed by atoms with Crippen molar-refractivity contribution in [1.29, 1.82) is 5.26 Å². The predicted molar refractivity (Wildman–Crippen MR) is 144 cm³/mol. The zero-order valence-corrected chi connectivity index (χ0v) is 22.3. The van der Waals surface area contributed by atoms with Gasteiger partial charge in [0.2, 0.25) is 0 Å². The Morgan fingerprint density at radius 2 is 2.00 bits per heavy atom. The lowest BCUT2D eigenvalue weighted by Crippen LogP contribution is -2.38. The van der Waals surface area contributed by atoms with Crippen LogP contribution < -0.4 is 5.32 Å². The molecule has 0 radical (unpaired) electrons. The van der Waals surface area contributed by atoms with Crippen LogP contribution >= 0.6 is 27.3 Å². The summed E-state index contributed by atoms with van der Waals surface area (Å²) in [6.07, 6.45) is -2.00. The molecule has 3 aromatic heterocycles. The van der Waals surface area contributed by atoms with Crippen LogP contribution in [-0.2, 0) is 19.5 Å².